The molecular weight excluding hydrogens is 280 g/mol. The second-order valence-electron chi connectivity index (χ2n) is 5.13. The standard InChI is InChI=1S/C12H22N4O3S/c1-3-6-16-8-11(12(13)14-16)20(17,18)15-9-4-5-10(7-9)19-2/h8-10,15H,3-7H2,1-2H3,(H2,13,14). The van der Waals surface area contributed by atoms with Crippen LogP contribution in [0.3, 0.4) is 0 Å². The largest absolute Gasteiger partial charge is 0.381 e. The van der Waals surface area contributed by atoms with Crippen molar-refractivity contribution in [2.45, 2.75) is 56.2 Å². The van der Waals surface area contributed by atoms with E-state index in [2.05, 4.69) is 9.82 Å². The Hall–Kier alpha value is -1.12. The van der Waals surface area contributed by atoms with E-state index in [1.165, 1.54) is 6.20 Å². The first-order chi connectivity index (χ1) is 9.46. The fourth-order valence-electron chi connectivity index (χ4n) is 2.51. The Morgan fingerprint density at radius 1 is 1.55 bits per heavy atom. The minimum Gasteiger partial charge on any atom is -0.381 e. The van der Waals surface area contributed by atoms with Crippen LogP contribution in [0.2, 0.25) is 0 Å². The number of rotatable bonds is 6. The summed E-state index contributed by atoms with van der Waals surface area (Å²) < 4.78 is 34.2. The summed E-state index contributed by atoms with van der Waals surface area (Å²) in [5.41, 5.74) is 5.71. The first-order valence-corrected chi connectivity index (χ1v) is 8.32. The smallest absolute Gasteiger partial charge is 0.246 e. The Morgan fingerprint density at radius 2 is 2.30 bits per heavy atom. The molecule has 0 spiro atoms. The Kier molecular flexibility index (Phi) is 4.66. The van der Waals surface area contributed by atoms with Crippen LogP contribution >= 0.6 is 0 Å². The van der Waals surface area contributed by atoms with Crippen molar-refractivity contribution in [3.63, 3.8) is 0 Å². The lowest BCUT2D eigenvalue weighted by Crippen LogP contribution is -2.33. The van der Waals surface area contributed by atoms with Crippen molar-refractivity contribution in [2.24, 2.45) is 0 Å². The Bertz CT molecular complexity index is 555. The molecule has 0 bridgehead atoms. The van der Waals surface area contributed by atoms with Gasteiger partial charge in [0.25, 0.3) is 0 Å². The maximum atomic E-state index is 12.3. The topological polar surface area (TPSA) is 99.2 Å². The molecule has 0 saturated heterocycles. The number of aryl methyl sites for hydroxylation is 1. The average Bonchev–Trinajstić information content (AvgIpc) is 2.96. The van der Waals surface area contributed by atoms with Crippen molar-refractivity contribution in [2.75, 3.05) is 12.8 Å². The van der Waals surface area contributed by atoms with Crippen LogP contribution in [0.4, 0.5) is 5.82 Å². The Labute approximate surface area is 119 Å². The molecule has 0 radical (unpaired) electrons. The maximum Gasteiger partial charge on any atom is 0.246 e. The highest BCUT2D eigenvalue weighted by atomic mass is 32.2. The number of nitrogens with two attached hydrogens (primary N) is 1. The van der Waals surface area contributed by atoms with Crippen LogP contribution in [-0.2, 0) is 21.3 Å². The van der Waals surface area contributed by atoms with Crippen molar-refractivity contribution >= 4 is 15.8 Å². The van der Waals surface area contributed by atoms with Crippen molar-refractivity contribution < 1.29 is 13.2 Å². The minimum atomic E-state index is -3.62. The first-order valence-electron chi connectivity index (χ1n) is 6.84. The van der Waals surface area contributed by atoms with Crippen molar-refractivity contribution in [1.29, 1.82) is 0 Å². The number of hydrogen-bond donors (Lipinski definition) is 2. The summed E-state index contributed by atoms with van der Waals surface area (Å²) in [7, 11) is -1.97. The van der Waals surface area contributed by atoms with Gasteiger partial charge in [-0.25, -0.2) is 13.1 Å². The number of nitrogen functional groups attached to an aromatic ring is 1. The second kappa shape index (κ2) is 6.11. The fraction of sp³-hybridized carbons (Fsp3) is 0.750. The van der Waals surface area contributed by atoms with E-state index in [-0.39, 0.29) is 22.9 Å². The molecular formula is C12H22N4O3S. The van der Waals surface area contributed by atoms with Crippen LogP contribution in [0.1, 0.15) is 32.6 Å². The van der Waals surface area contributed by atoms with Gasteiger partial charge in [0.2, 0.25) is 10.0 Å². The fourth-order valence-corrected chi connectivity index (χ4v) is 3.87. The zero-order chi connectivity index (χ0) is 14.8. The van der Waals surface area contributed by atoms with Gasteiger partial charge >= 0.3 is 0 Å². The van der Waals surface area contributed by atoms with Crippen molar-refractivity contribution in [3.8, 4) is 0 Å². The molecule has 1 aliphatic rings. The molecule has 3 N–H and O–H groups in total. The zero-order valence-corrected chi connectivity index (χ0v) is 12.7. The van der Waals surface area contributed by atoms with Gasteiger partial charge in [0.1, 0.15) is 4.90 Å². The molecule has 1 aromatic rings. The Balaban J connectivity index is 2.10. The van der Waals surface area contributed by atoms with Crippen LogP contribution in [0, 0.1) is 0 Å². The van der Waals surface area contributed by atoms with E-state index < -0.39 is 10.0 Å². The molecule has 114 valence electrons. The van der Waals surface area contributed by atoms with Gasteiger partial charge in [0.15, 0.2) is 5.82 Å². The lowest BCUT2D eigenvalue weighted by Gasteiger charge is -2.12. The van der Waals surface area contributed by atoms with Crippen LogP contribution in [0.15, 0.2) is 11.1 Å². The molecule has 2 unspecified atom stereocenters. The van der Waals surface area contributed by atoms with E-state index in [4.69, 9.17) is 10.5 Å². The molecule has 1 heterocycles. The van der Waals surface area contributed by atoms with E-state index in [1.54, 1.807) is 11.8 Å². The summed E-state index contributed by atoms with van der Waals surface area (Å²) in [5.74, 6) is 0.0484. The van der Waals surface area contributed by atoms with Gasteiger partial charge in [0, 0.05) is 25.9 Å². The summed E-state index contributed by atoms with van der Waals surface area (Å²) in [6.07, 6.45) is 4.83. The summed E-state index contributed by atoms with van der Waals surface area (Å²) in [6, 6.07) is -0.0983. The van der Waals surface area contributed by atoms with Gasteiger partial charge < -0.3 is 10.5 Å². The van der Waals surface area contributed by atoms with E-state index in [0.717, 1.165) is 19.3 Å². The van der Waals surface area contributed by atoms with E-state index in [9.17, 15) is 8.42 Å². The third kappa shape index (κ3) is 3.31. The van der Waals surface area contributed by atoms with Crippen LogP contribution in [0.5, 0.6) is 0 Å². The molecule has 20 heavy (non-hydrogen) atoms. The zero-order valence-electron chi connectivity index (χ0n) is 11.9. The number of sulfonamides is 1. The summed E-state index contributed by atoms with van der Waals surface area (Å²) in [6.45, 7) is 2.64. The first kappa shape index (κ1) is 15.3. The highest BCUT2D eigenvalue weighted by molar-refractivity contribution is 7.89. The van der Waals surface area contributed by atoms with Crippen molar-refractivity contribution in [3.05, 3.63) is 6.20 Å². The van der Waals surface area contributed by atoms with Crippen LogP contribution in [0.25, 0.3) is 0 Å². The molecule has 1 aliphatic carbocycles. The number of nitrogens with zero attached hydrogens (tertiary/aromatic N) is 2. The number of nitrogens with one attached hydrogen (secondary N) is 1. The van der Waals surface area contributed by atoms with Crippen LogP contribution < -0.4 is 10.5 Å². The number of anilines is 1. The molecule has 7 nitrogen and oxygen atoms in total. The highest BCUT2D eigenvalue weighted by Gasteiger charge is 2.30. The molecule has 1 fully saturated rings. The predicted molar refractivity (Wildman–Crippen MR) is 75.7 cm³/mol. The van der Waals surface area contributed by atoms with Gasteiger partial charge in [-0.2, -0.15) is 5.10 Å². The predicted octanol–water partition coefficient (Wildman–Crippen LogP) is 0.721. The minimum absolute atomic E-state index is 0.0484. The van der Waals surface area contributed by atoms with Crippen LogP contribution in [-0.4, -0.2) is 37.5 Å². The molecule has 0 aliphatic heterocycles. The normalized spacial score (nSPS) is 23.3. The summed E-state index contributed by atoms with van der Waals surface area (Å²) in [5, 5.41) is 4.02. The molecule has 1 saturated carbocycles. The quantitative estimate of drug-likeness (QED) is 0.806. The lowest BCUT2D eigenvalue weighted by molar-refractivity contribution is 0.107. The molecule has 2 atom stereocenters. The van der Waals surface area contributed by atoms with Gasteiger partial charge in [0.05, 0.1) is 6.10 Å². The summed E-state index contributed by atoms with van der Waals surface area (Å²) >= 11 is 0. The maximum absolute atomic E-state index is 12.3. The number of methoxy groups -OCH3 is 1. The molecule has 8 heteroatoms. The monoisotopic (exact) mass is 302 g/mol. The third-order valence-corrected chi connectivity index (χ3v) is 5.07. The van der Waals surface area contributed by atoms with Gasteiger partial charge in [-0.3, -0.25) is 4.68 Å². The molecule has 0 amide bonds. The van der Waals surface area contributed by atoms with E-state index in [1.807, 2.05) is 6.92 Å². The Morgan fingerprint density at radius 3 is 2.90 bits per heavy atom. The number of ether oxygens (including phenoxy) is 1. The van der Waals surface area contributed by atoms with E-state index in [0.29, 0.717) is 13.0 Å². The van der Waals surface area contributed by atoms with Crippen molar-refractivity contribution in [1.82, 2.24) is 14.5 Å². The molecule has 1 aromatic heterocycles. The highest BCUT2D eigenvalue weighted by Crippen LogP contribution is 2.24. The molecule has 0 aromatic carbocycles. The average molecular weight is 302 g/mol. The van der Waals surface area contributed by atoms with E-state index >= 15 is 0 Å². The second-order valence-corrected chi connectivity index (χ2v) is 6.81. The lowest BCUT2D eigenvalue weighted by atomic mass is 10.3. The third-order valence-electron chi connectivity index (χ3n) is 3.54. The van der Waals surface area contributed by atoms with Gasteiger partial charge in [-0.1, -0.05) is 6.92 Å². The van der Waals surface area contributed by atoms with Gasteiger partial charge in [-0.05, 0) is 25.7 Å². The SMILES string of the molecule is CCCn1cc(S(=O)(=O)NC2CCC(OC)C2)c(N)n1. The van der Waals surface area contributed by atoms with Gasteiger partial charge in [-0.15, -0.1) is 0 Å². The summed E-state index contributed by atoms with van der Waals surface area (Å²) in [4.78, 5) is 0.0619. The number of hydrogen-bond acceptors (Lipinski definition) is 5. The number of aromatic nitrogens is 2. The molecule has 2 rings (SSSR count).